The van der Waals surface area contributed by atoms with Crippen LogP contribution in [0.4, 0.5) is 0 Å². The summed E-state index contributed by atoms with van der Waals surface area (Å²) in [5.41, 5.74) is 0. The predicted octanol–water partition coefficient (Wildman–Crippen LogP) is 15.4. The maximum Gasteiger partial charge on any atom is 0.0133 e. The summed E-state index contributed by atoms with van der Waals surface area (Å²) in [6, 6.07) is 5.48. The molecule has 0 aromatic rings. The van der Waals surface area contributed by atoms with Crippen molar-refractivity contribution in [3.05, 3.63) is 0 Å². The van der Waals surface area contributed by atoms with E-state index in [1.54, 1.807) is 128 Å². The standard InChI is InChI=1S/C56H96N2/c1-39-17-21-41(22-18-39)45-35-47(36-45)43-25-29-51(30-26-43)57(49-11-5-3-6-12-49)55-33-34-56(54-16-10-9-15-53(54)55)58(50-13-7-4-8-14-50)52-31-27-44(28-32-52)48-37-46(38-48)42-23-19-40(2)20-24-42/h39-56H,3-38H2,1-2H3. The van der Waals surface area contributed by atoms with Gasteiger partial charge in [0.1, 0.15) is 0 Å². The van der Waals surface area contributed by atoms with Crippen molar-refractivity contribution >= 4 is 0 Å². The molecule has 0 radical (unpaired) electrons. The van der Waals surface area contributed by atoms with Gasteiger partial charge in [0.15, 0.2) is 0 Å². The van der Waals surface area contributed by atoms with Gasteiger partial charge in [0.2, 0.25) is 0 Å². The summed E-state index contributed by atoms with van der Waals surface area (Å²) in [5.74, 6) is 12.8. The molecule has 0 spiro atoms. The van der Waals surface area contributed by atoms with Crippen molar-refractivity contribution in [2.45, 2.75) is 281 Å². The van der Waals surface area contributed by atoms with Gasteiger partial charge in [0.05, 0.1) is 0 Å². The maximum atomic E-state index is 3.41. The Morgan fingerprint density at radius 1 is 0.241 bits per heavy atom. The first-order valence-electron chi connectivity index (χ1n) is 28.1. The van der Waals surface area contributed by atoms with Crippen molar-refractivity contribution in [2.75, 3.05) is 0 Å². The number of hydrogen-bond acceptors (Lipinski definition) is 2. The van der Waals surface area contributed by atoms with Crippen LogP contribution in [0.15, 0.2) is 0 Å². The second kappa shape index (κ2) is 19.3. The SMILES string of the molecule is CC1CCC(C2CC(C3CCC(N(C4CCCCC4)C4CCC(N(C5CCCCC5)C5CCC(C6CC(C7CCC(C)CC7)C6)CC5)C5CCCCC54)CC3)C2)CC1. The third-order valence-electron chi connectivity index (χ3n) is 21.9. The van der Waals surface area contributed by atoms with E-state index in [1.165, 1.54) is 103 Å². The van der Waals surface area contributed by atoms with Crippen molar-refractivity contribution < 1.29 is 0 Å². The monoisotopic (exact) mass is 797 g/mol. The van der Waals surface area contributed by atoms with Crippen molar-refractivity contribution in [2.24, 2.45) is 71.0 Å². The van der Waals surface area contributed by atoms with Crippen LogP contribution in [0, 0.1) is 71.0 Å². The number of rotatable bonds is 10. The molecular weight excluding hydrogens is 701 g/mol. The molecule has 0 aliphatic heterocycles. The van der Waals surface area contributed by atoms with Crippen LogP contribution in [0.1, 0.15) is 245 Å². The molecule has 10 aliphatic carbocycles. The summed E-state index contributed by atoms with van der Waals surface area (Å²) in [4.78, 5) is 6.83. The maximum absolute atomic E-state index is 3.41. The van der Waals surface area contributed by atoms with E-state index in [0.29, 0.717) is 0 Å². The highest BCUT2D eigenvalue weighted by atomic mass is 15.3. The van der Waals surface area contributed by atoms with Crippen molar-refractivity contribution in [3.8, 4) is 0 Å². The average Bonchev–Trinajstić information content (AvgIpc) is 3.24. The Kier molecular flexibility index (Phi) is 14.0. The summed E-state index contributed by atoms with van der Waals surface area (Å²) >= 11 is 0. The predicted molar refractivity (Wildman–Crippen MR) is 246 cm³/mol. The van der Waals surface area contributed by atoms with E-state index < -0.39 is 0 Å². The van der Waals surface area contributed by atoms with E-state index in [4.69, 9.17) is 0 Å². The van der Waals surface area contributed by atoms with Crippen LogP contribution in [-0.2, 0) is 0 Å². The Balaban J connectivity index is 0.790. The highest BCUT2D eigenvalue weighted by Crippen LogP contribution is 2.55. The van der Waals surface area contributed by atoms with Gasteiger partial charge in [-0.1, -0.05) is 90.9 Å². The minimum Gasteiger partial charge on any atom is -0.294 e. The van der Waals surface area contributed by atoms with Gasteiger partial charge in [-0.3, -0.25) is 9.80 Å². The number of nitrogens with zero attached hydrogens (tertiary/aromatic N) is 2. The largest absolute Gasteiger partial charge is 0.294 e. The van der Waals surface area contributed by atoms with Crippen LogP contribution in [-0.4, -0.2) is 46.1 Å². The highest BCUT2D eigenvalue weighted by molar-refractivity contribution is 5.05. The molecule has 10 rings (SSSR count). The Bertz CT molecular complexity index is 1120. The summed E-state index contributed by atoms with van der Waals surface area (Å²) in [6.07, 6.45) is 55.9. The van der Waals surface area contributed by atoms with Crippen LogP contribution in [0.5, 0.6) is 0 Å². The molecule has 0 N–H and O–H groups in total. The van der Waals surface area contributed by atoms with E-state index in [0.717, 1.165) is 107 Å². The van der Waals surface area contributed by atoms with Crippen LogP contribution in [0.3, 0.4) is 0 Å². The van der Waals surface area contributed by atoms with E-state index in [1.807, 2.05) is 0 Å². The average molecular weight is 797 g/mol. The first-order chi connectivity index (χ1) is 28.6. The van der Waals surface area contributed by atoms with E-state index in [9.17, 15) is 0 Å². The minimum atomic E-state index is 0.913. The van der Waals surface area contributed by atoms with Gasteiger partial charge in [-0.2, -0.15) is 0 Å². The van der Waals surface area contributed by atoms with Crippen LogP contribution in [0.2, 0.25) is 0 Å². The highest BCUT2D eigenvalue weighted by Gasteiger charge is 2.51. The van der Waals surface area contributed by atoms with Crippen LogP contribution in [0.25, 0.3) is 0 Å². The van der Waals surface area contributed by atoms with E-state index in [-0.39, 0.29) is 0 Å². The fourth-order valence-corrected chi connectivity index (χ4v) is 18.3. The van der Waals surface area contributed by atoms with Crippen molar-refractivity contribution in [1.29, 1.82) is 0 Å². The van der Waals surface area contributed by atoms with Crippen molar-refractivity contribution in [1.82, 2.24) is 9.80 Å². The zero-order valence-corrected chi connectivity index (χ0v) is 38.7. The quantitative estimate of drug-likeness (QED) is 0.217. The molecule has 10 saturated carbocycles. The molecule has 4 atom stereocenters. The molecule has 0 heterocycles. The van der Waals surface area contributed by atoms with Gasteiger partial charge in [-0.15, -0.1) is 0 Å². The number of hydrogen-bond donors (Lipinski definition) is 0. The fourth-order valence-electron chi connectivity index (χ4n) is 18.3. The third kappa shape index (κ3) is 9.13. The molecule has 0 saturated heterocycles. The van der Waals surface area contributed by atoms with E-state index >= 15 is 0 Å². The molecule has 0 aromatic heterocycles. The third-order valence-corrected chi connectivity index (χ3v) is 21.9. The van der Waals surface area contributed by atoms with Crippen LogP contribution >= 0.6 is 0 Å². The molecule has 4 unspecified atom stereocenters. The lowest BCUT2D eigenvalue weighted by atomic mass is 9.58. The van der Waals surface area contributed by atoms with E-state index in [2.05, 4.69) is 23.6 Å². The molecule has 2 nitrogen and oxygen atoms in total. The van der Waals surface area contributed by atoms with Gasteiger partial charge in [0.25, 0.3) is 0 Å². The molecule has 0 bridgehead atoms. The zero-order chi connectivity index (χ0) is 39.0. The van der Waals surface area contributed by atoms with Gasteiger partial charge < -0.3 is 0 Å². The topological polar surface area (TPSA) is 6.48 Å². The Morgan fingerprint density at radius 3 is 0.845 bits per heavy atom. The molecule has 0 amide bonds. The van der Waals surface area contributed by atoms with Crippen molar-refractivity contribution in [3.63, 3.8) is 0 Å². The molecule has 0 aromatic carbocycles. The van der Waals surface area contributed by atoms with Crippen LogP contribution < -0.4 is 0 Å². The molecule has 330 valence electrons. The Labute approximate surface area is 360 Å². The number of fused-ring (bicyclic) bond motifs is 1. The smallest absolute Gasteiger partial charge is 0.0133 e. The second-order valence-corrected chi connectivity index (χ2v) is 25.0. The molecular formula is C56H96N2. The molecule has 58 heavy (non-hydrogen) atoms. The minimum absolute atomic E-state index is 0.913. The Morgan fingerprint density at radius 2 is 0.517 bits per heavy atom. The molecule has 2 heteroatoms. The lowest BCUT2D eigenvalue weighted by molar-refractivity contribution is -0.0910. The van der Waals surface area contributed by atoms with Gasteiger partial charge in [0, 0.05) is 36.3 Å². The van der Waals surface area contributed by atoms with Gasteiger partial charge in [-0.25, -0.2) is 0 Å². The summed E-state index contributed by atoms with van der Waals surface area (Å²) < 4.78 is 0. The first kappa shape index (κ1) is 41.9. The lowest BCUT2D eigenvalue weighted by Crippen LogP contribution is -2.62. The summed E-state index contributed by atoms with van der Waals surface area (Å²) in [5, 5.41) is 0. The molecule has 10 aliphatic rings. The molecule has 10 fully saturated rings. The van der Waals surface area contributed by atoms with Gasteiger partial charge in [-0.05, 0) is 225 Å². The fraction of sp³-hybridized carbons (Fsp3) is 1.00. The van der Waals surface area contributed by atoms with Gasteiger partial charge >= 0.3 is 0 Å². The summed E-state index contributed by atoms with van der Waals surface area (Å²) in [6.45, 7) is 5.01. The first-order valence-corrected chi connectivity index (χ1v) is 28.1. The normalized spacial score (nSPS) is 47.6. The zero-order valence-electron chi connectivity index (χ0n) is 38.7. The second-order valence-electron chi connectivity index (χ2n) is 25.0. The summed E-state index contributed by atoms with van der Waals surface area (Å²) in [7, 11) is 0. The Hall–Kier alpha value is -0.0800. The lowest BCUT2D eigenvalue weighted by Gasteiger charge is -2.59.